The number of nitrogens with zero attached hydrogens (tertiary/aromatic N) is 2. The normalized spacial score (nSPS) is 22.2. The minimum Gasteiger partial charge on any atom is -0.340 e. The predicted octanol–water partition coefficient (Wildman–Crippen LogP) is 2.27. The van der Waals surface area contributed by atoms with Gasteiger partial charge in [-0.2, -0.15) is 0 Å². The number of hydrogen-bond acceptors (Lipinski definition) is 2. The van der Waals surface area contributed by atoms with Crippen LogP contribution in [0.25, 0.3) is 0 Å². The molecule has 0 aromatic heterocycles. The van der Waals surface area contributed by atoms with Crippen molar-refractivity contribution in [2.75, 3.05) is 7.05 Å². The Morgan fingerprint density at radius 2 is 1.56 bits per heavy atom. The lowest BCUT2D eigenvalue weighted by Gasteiger charge is -2.39. The minimum atomic E-state index is -1.77. The molecule has 0 bridgehead atoms. The maximum atomic E-state index is 12.1. The number of likely N-dealkylation sites (N-methyl/N-ethyl adjacent to an activating group) is 1. The van der Waals surface area contributed by atoms with Crippen LogP contribution in [0.4, 0.5) is 4.79 Å². The second kappa shape index (κ2) is 4.57. The van der Waals surface area contributed by atoms with Crippen LogP contribution < -0.4 is 0 Å². The van der Waals surface area contributed by atoms with Gasteiger partial charge in [0.1, 0.15) is 6.04 Å². The lowest BCUT2D eigenvalue weighted by Crippen LogP contribution is -2.56. The van der Waals surface area contributed by atoms with Gasteiger partial charge < -0.3 is 4.57 Å². The fourth-order valence-electron chi connectivity index (χ4n) is 2.69. The molecule has 0 N–H and O–H groups in total. The third-order valence-electron chi connectivity index (χ3n) is 4.05. The van der Waals surface area contributed by atoms with Gasteiger partial charge in [0.15, 0.2) is 8.24 Å². The Labute approximate surface area is 98.7 Å². The molecule has 1 fully saturated rings. The Balaban J connectivity index is 3.11. The summed E-state index contributed by atoms with van der Waals surface area (Å²) in [6, 6.07) is 2.73. The average molecular weight is 242 g/mol. The summed E-state index contributed by atoms with van der Waals surface area (Å²) in [4.78, 5) is 25.2. The predicted molar refractivity (Wildman–Crippen MR) is 66.7 cm³/mol. The van der Waals surface area contributed by atoms with Gasteiger partial charge in [-0.05, 0) is 25.1 Å². The molecule has 1 saturated heterocycles. The molecule has 92 valence electrons. The highest BCUT2D eigenvalue weighted by atomic mass is 28.3. The lowest BCUT2D eigenvalue weighted by atomic mass is 10.3. The van der Waals surface area contributed by atoms with Gasteiger partial charge in [-0.15, -0.1) is 0 Å². The highest BCUT2D eigenvalue weighted by Crippen LogP contribution is 2.31. The summed E-state index contributed by atoms with van der Waals surface area (Å²) in [5, 5.41) is 0. The van der Waals surface area contributed by atoms with Crippen LogP contribution >= 0.6 is 0 Å². The van der Waals surface area contributed by atoms with Crippen molar-refractivity contribution in [3.05, 3.63) is 0 Å². The number of carbonyl (C=O) groups excluding carboxylic acids is 2. The Bertz CT molecular complexity index is 294. The van der Waals surface area contributed by atoms with Crippen molar-refractivity contribution < 1.29 is 9.59 Å². The van der Waals surface area contributed by atoms with Crippen LogP contribution in [-0.2, 0) is 4.79 Å². The number of amides is 3. The maximum absolute atomic E-state index is 12.1. The molecule has 4 nitrogen and oxygen atoms in total. The zero-order chi connectivity index (χ0) is 12.5. The van der Waals surface area contributed by atoms with Gasteiger partial charge in [-0.25, -0.2) is 4.79 Å². The molecule has 1 rings (SSSR count). The van der Waals surface area contributed by atoms with Crippen LogP contribution in [0.3, 0.4) is 0 Å². The zero-order valence-corrected chi connectivity index (χ0v) is 11.9. The van der Waals surface area contributed by atoms with E-state index in [0.717, 1.165) is 18.1 Å². The van der Waals surface area contributed by atoms with Gasteiger partial charge in [0, 0.05) is 7.05 Å². The van der Waals surface area contributed by atoms with Gasteiger partial charge in [0.05, 0.1) is 0 Å². The molecule has 3 amide bonds. The SMILES string of the molecule is CC[Si](CC)(CC)N1C(=O)N(C)C(=O)C1C. The fourth-order valence-corrected chi connectivity index (χ4v) is 6.70. The van der Waals surface area contributed by atoms with E-state index in [1.807, 2.05) is 11.5 Å². The van der Waals surface area contributed by atoms with Crippen molar-refractivity contribution in [2.45, 2.75) is 51.9 Å². The van der Waals surface area contributed by atoms with Crippen molar-refractivity contribution in [1.29, 1.82) is 0 Å². The Morgan fingerprint density at radius 1 is 1.12 bits per heavy atom. The number of hydrogen-bond donors (Lipinski definition) is 0. The molecular formula is C11H22N2O2Si. The van der Waals surface area contributed by atoms with Gasteiger partial charge >= 0.3 is 6.03 Å². The summed E-state index contributed by atoms with van der Waals surface area (Å²) in [7, 11) is -0.188. The Hall–Kier alpha value is -0.843. The van der Waals surface area contributed by atoms with Crippen molar-refractivity contribution in [1.82, 2.24) is 9.47 Å². The van der Waals surface area contributed by atoms with E-state index < -0.39 is 8.24 Å². The number of rotatable bonds is 4. The second-order valence-electron chi connectivity index (χ2n) is 4.51. The van der Waals surface area contributed by atoms with E-state index >= 15 is 0 Å². The molecule has 0 saturated carbocycles. The molecule has 5 heteroatoms. The maximum Gasteiger partial charge on any atom is 0.319 e. The van der Waals surface area contributed by atoms with E-state index in [0.29, 0.717) is 0 Å². The number of urea groups is 1. The monoisotopic (exact) mass is 242 g/mol. The summed E-state index contributed by atoms with van der Waals surface area (Å²) in [5.41, 5.74) is 0. The highest BCUT2D eigenvalue weighted by molar-refractivity contribution is 6.79. The average Bonchev–Trinajstić information content (AvgIpc) is 2.49. The van der Waals surface area contributed by atoms with E-state index in [2.05, 4.69) is 20.8 Å². The molecule has 1 aliphatic heterocycles. The van der Waals surface area contributed by atoms with Crippen molar-refractivity contribution in [3.8, 4) is 0 Å². The molecule has 0 aliphatic carbocycles. The molecule has 1 atom stereocenters. The van der Waals surface area contributed by atoms with E-state index in [1.54, 1.807) is 7.05 Å². The first-order chi connectivity index (χ1) is 7.45. The third-order valence-corrected chi connectivity index (χ3v) is 9.60. The molecule has 0 aromatic rings. The summed E-state index contributed by atoms with van der Waals surface area (Å²) in [6.07, 6.45) is 0. The van der Waals surface area contributed by atoms with Crippen LogP contribution in [0.1, 0.15) is 27.7 Å². The van der Waals surface area contributed by atoms with Gasteiger partial charge in [-0.1, -0.05) is 20.8 Å². The Morgan fingerprint density at radius 3 is 1.81 bits per heavy atom. The third kappa shape index (κ3) is 1.67. The molecule has 16 heavy (non-hydrogen) atoms. The van der Waals surface area contributed by atoms with Crippen molar-refractivity contribution in [2.24, 2.45) is 0 Å². The molecule has 1 heterocycles. The fraction of sp³-hybridized carbons (Fsp3) is 0.818. The molecule has 0 spiro atoms. The lowest BCUT2D eigenvalue weighted by molar-refractivity contribution is -0.126. The van der Waals surface area contributed by atoms with Crippen LogP contribution in [0.2, 0.25) is 18.1 Å². The Kier molecular flexibility index (Phi) is 3.78. The van der Waals surface area contributed by atoms with Crippen LogP contribution in [-0.4, -0.2) is 42.7 Å². The van der Waals surface area contributed by atoms with Crippen molar-refractivity contribution >= 4 is 20.2 Å². The van der Waals surface area contributed by atoms with Crippen molar-refractivity contribution in [3.63, 3.8) is 0 Å². The molecule has 1 aliphatic rings. The van der Waals surface area contributed by atoms with Crippen LogP contribution in [0.5, 0.6) is 0 Å². The number of imide groups is 1. The first-order valence-corrected chi connectivity index (χ1v) is 8.62. The first-order valence-electron chi connectivity index (χ1n) is 6.06. The summed E-state index contributed by atoms with van der Waals surface area (Å²) < 4.78 is 1.91. The largest absolute Gasteiger partial charge is 0.340 e. The summed E-state index contributed by atoms with van der Waals surface area (Å²) in [5.74, 6) is -0.0581. The summed E-state index contributed by atoms with van der Waals surface area (Å²) in [6.45, 7) is 8.28. The van der Waals surface area contributed by atoms with E-state index in [1.165, 1.54) is 4.90 Å². The van der Waals surface area contributed by atoms with Crippen LogP contribution in [0, 0.1) is 0 Å². The molecule has 0 aromatic carbocycles. The van der Waals surface area contributed by atoms with Crippen LogP contribution in [0.15, 0.2) is 0 Å². The topological polar surface area (TPSA) is 40.6 Å². The van der Waals surface area contributed by atoms with Gasteiger partial charge in [-0.3, -0.25) is 9.69 Å². The molecule has 0 radical (unpaired) electrons. The standard InChI is InChI=1S/C11H22N2O2Si/c1-6-16(7-2,8-3)13-9(4)10(14)12(5)11(13)15/h9H,6-8H2,1-5H3. The van der Waals surface area contributed by atoms with Gasteiger partial charge in [0.2, 0.25) is 0 Å². The molecular weight excluding hydrogens is 220 g/mol. The smallest absolute Gasteiger partial charge is 0.319 e. The van der Waals surface area contributed by atoms with E-state index in [9.17, 15) is 9.59 Å². The molecule has 1 unspecified atom stereocenters. The zero-order valence-electron chi connectivity index (χ0n) is 10.9. The van der Waals surface area contributed by atoms with E-state index in [-0.39, 0.29) is 18.0 Å². The minimum absolute atomic E-state index is 0.0581. The quantitative estimate of drug-likeness (QED) is 0.560. The first kappa shape index (κ1) is 13.2. The van der Waals surface area contributed by atoms with E-state index in [4.69, 9.17) is 0 Å². The second-order valence-corrected chi connectivity index (χ2v) is 9.56. The highest BCUT2D eigenvalue weighted by Gasteiger charge is 2.50. The number of carbonyl (C=O) groups is 2. The summed E-state index contributed by atoms with van der Waals surface area (Å²) >= 11 is 0. The van der Waals surface area contributed by atoms with Gasteiger partial charge in [0.25, 0.3) is 5.91 Å².